The predicted octanol–water partition coefficient (Wildman–Crippen LogP) is 4.40. The maximum Gasteiger partial charge on any atom is 0.262 e. The van der Waals surface area contributed by atoms with Gasteiger partial charge in [-0.25, -0.2) is 4.98 Å². The number of nitrogens with zero attached hydrogens (tertiary/aromatic N) is 2. The van der Waals surface area contributed by atoms with Gasteiger partial charge in [0.1, 0.15) is 0 Å². The number of aromatic nitrogens is 3. The highest BCUT2D eigenvalue weighted by atomic mass is 35.5. The Balaban J connectivity index is 1.79. The fourth-order valence-corrected chi connectivity index (χ4v) is 3.16. The summed E-state index contributed by atoms with van der Waals surface area (Å²) < 4.78 is 10.7. The highest BCUT2D eigenvalue weighted by molar-refractivity contribution is 6.30. The van der Waals surface area contributed by atoms with Gasteiger partial charge in [-0.05, 0) is 53.6 Å². The molecule has 0 atom stereocenters. The molecule has 0 aliphatic heterocycles. The molecule has 2 aromatic heterocycles. The molecule has 2 aromatic carbocycles. The number of fused-ring (bicyclic) bond motifs is 1. The van der Waals surface area contributed by atoms with E-state index in [2.05, 4.69) is 20.3 Å². The van der Waals surface area contributed by atoms with Gasteiger partial charge in [0.2, 0.25) is 5.95 Å². The number of aromatic amines is 1. The monoisotopic (exact) mass is 408 g/mol. The van der Waals surface area contributed by atoms with Gasteiger partial charge in [-0.2, -0.15) is 4.98 Å². The van der Waals surface area contributed by atoms with Gasteiger partial charge < -0.3 is 14.8 Å². The van der Waals surface area contributed by atoms with Crippen LogP contribution in [0.15, 0.2) is 59.5 Å². The van der Waals surface area contributed by atoms with Gasteiger partial charge in [0.15, 0.2) is 17.1 Å². The lowest BCUT2D eigenvalue weighted by molar-refractivity contribution is 0.355. The zero-order valence-corrected chi connectivity index (χ0v) is 16.4. The van der Waals surface area contributed by atoms with E-state index in [4.69, 9.17) is 21.1 Å². The number of pyridine rings is 1. The SMILES string of the molecule is COc1ccc(-c2ccnc3nc(Nc4ccc(Cl)cc4)[nH]c(=O)c23)cc1OC. The van der Waals surface area contributed by atoms with Crippen LogP contribution in [0.1, 0.15) is 0 Å². The van der Waals surface area contributed by atoms with E-state index in [1.807, 2.05) is 12.1 Å². The summed E-state index contributed by atoms with van der Waals surface area (Å²) in [5.74, 6) is 1.47. The van der Waals surface area contributed by atoms with Crippen LogP contribution in [0.4, 0.5) is 11.6 Å². The molecule has 4 rings (SSSR count). The Bertz CT molecular complexity index is 1240. The Kier molecular flexibility index (Phi) is 5.05. The van der Waals surface area contributed by atoms with Crippen molar-refractivity contribution in [1.82, 2.24) is 15.0 Å². The molecule has 0 amide bonds. The van der Waals surface area contributed by atoms with Gasteiger partial charge >= 0.3 is 0 Å². The molecule has 0 unspecified atom stereocenters. The number of hydrogen-bond donors (Lipinski definition) is 2. The van der Waals surface area contributed by atoms with Crippen LogP contribution in [-0.2, 0) is 0 Å². The minimum absolute atomic E-state index is 0.293. The second-order valence-corrected chi connectivity index (χ2v) is 6.61. The molecule has 7 nitrogen and oxygen atoms in total. The van der Waals surface area contributed by atoms with Gasteiger partial charge in [0, 0.05) is 16.9 Å². The van der Waals surface area contributed by atoms with Gasteiger partial charge in [-0.1, -0.05) is 17.7 Å². The second kappa shape index (κ2) is 7.81. The third kappa shape index (κ3) is 3.72. The fourth-order valence-electron chi connectivity index (χ4n) is 3.04. The minimum atomic E-state index is -0.302. The number of ether oxygens (including phenoxy) is 2. The van der Waals surface area contributed by atoms with Crippen molar-refractivity contribution in [3.63, 3.8) is 0 Å². The maximum atomic E-state index is 12.9. The van der Waals surface area contributed by atoms with Crippen molar-refractivity contribution in [2.24, 2.45) is 0 Å². The molecule has 0 aliphatic carbocycles. The van der Waals surface area contributed by atoms with Crippen LogP contribution in [-0.4, -0.2) is 29.2 Å². The van der Waals surface area contributed by atoms with Gasteiger partial charge in [-0.3, -0.25) is 9.78 Å². The van der Waals surface area contributed by atoms with Crippen molar-refractivity contribution in [2.45, 2.75) is 0 Å². The Morgan fingerprint density at radius 2 is 1.76 bits per heavy atom. The van der Waals surface area contributed by atoms with Crippen LogP contribution in [0.25, 0.3) is 22.2 Å². The molecule has 0 bridgehead atoms. The molecule has 0 saturated heterocycles. The molecule has 2 heterocycles. The van der Waals surface area contributed by atoms with Crippen molar-refractivity contribution < 1.29 is 9.47 Å². The molecule has 0 fully saturated rings. The van der Waals surface area contributed by atoms with Gasteiger partial charge in [0.25, 0.3) is 5.56 Å². The van der Waals surface area contributed by atoms with Crippen LogP contribution in [0.5, 0.6) is 11.5 Å². The summed E-state index contributed by atoms with van der Waals surface area (Å²) in [4.78, 5) is 24.4. The standard InChI is InChI=1S/C21H17ClN4O3/c1-28-16-8-3-12(11-17(16)29-2)15-9-10-23-19-18(15)20(27)26-21(25-19)24-14-6-4-13(22)5-7-14/h3-11H,1-2H3,(H2,23,24,25,26,27). The molecule has 0 saturated carbocycles. The first-order chi connectivity index (χ1) is 14.1. The topological polar surface area (TPSA) is 89.1 Å². The van der Waals surface area contributed by atoms with E-state index in [1.165, 1.54) is 0 Å². The van der Waals surface area contributed by atoms with E-state index in [-0.39, 0.29) is 5.56 Å². The smallest absolute Gasteiger partial charge is 0.262 e. The molecule has 8 heteroatoms. The van der Waals surface area contributed by atoms with E-state index in [0.717, 1.165) is 11.3 Å². The number of rotatable bonds is 5. The Morgan fingerprint density at radius 3 is 2.48 bits per heavy atom. The van der Waals surface area contributed by atoms with Crippen molar-refractivity contribution in [1.29, 1.82) is 0 Å². The molecule has 0 aliphatic rings. The maximum absolute atomic E-state index is 12.9. The average molecular weight is 409 g/mol. The zero-order chi connectivity index (χ0) is 20.4. The summed E-state index contributed by atoms with van der Waals surface area (Å²) >= 11 is 5.91. The van der Waals surface area contributed by atoms with Crippen molar-refractivity contribution in [3.05, 3.63) is 70.1 Å². The van der Waals surface area contributed by atoms with E-state index in [1.54, 1.807) is 56.8 Å². The van der Waals surface area contributed by atoms with Crippen molar-refractivity contribution in [2.75, 3.05) is 19.5 Å². The largest absolute Gasteiger partial charge is 0.493 e. The Labute approximate surface area is 171 Å². The van der Waals surface area contributed by atoms with E-state index in [9.17, 15) is 4.79 Å². The predicted molar refractivity (Wildman–Crippen MR) is 113 cm³/mol. The van der Waals surface area contributed by atoms with Gasteiger partial charge in [0.05, 0.1) is 19.6 Å². The quantitative estimate of drug-likeness (QED) is 0.508. The lowest BCUT2D eigenvalue weighted by atomic mass is 10.0. The minimum Gasteiger partial charge on any atom is -0.493 e. The van der Waals surface area contributed by atoms with Crippen LogP contribution >= 0.6 is 11.6 Å². The third-order valence-electron chi connectivity index (χ3n) is 4.41. The molecule has 2 N–H and O–H groups in total. The summed E-state index contributed by atoms with van der Waals surface area (Å²) in [7, 11) is 3.14. The second-order valence-electron chi connectivity index (χ2n) is 6.17. The van der Waals surface area contributed by atoms with Crippen molar-refractivity contribution in [3.8, 4) is 22.6 Å². The first kappa shape index (κ1) is 18.8. The molecule has 146 valence electrons. The first-order valence-electron chi connectivity index (χ1n) is 8.73. The summed E-state index contributed by atoms with van der Waals surface area (Å²) in [6, 6.07) is 14.3. The molecule has 0 radical (unpaired) electrons. The number of nitrogens with one attached hydrogen (secondary N) is 2. The van der Waals surface area contributed by atoms with Crippen LogP contribution in [0.2, 0.25) is 5.02 Å². The number of anilines is 2. The Hall–Kier alpha value is -3.58. The lowest BCUT2D eigenvalue weighted by Gasteiger charge is -2.11. The van der Waals surface area contributed by atoms with Crippen molar-refractivity contribution >= 4 is 34.3 Å². The molecule has 29 heavy (non-hydrogen) atoms. The summed E-state index contributed by atoms with van der Waals surface area (Å²) in [5.41, 5.74) is 2.26. The van der Waals surface area contributed by atoms with Crippen LogP contribution in [0, 0.1) is 0 Å². The summed E-state index contributed by atoms with van der Waals surface area (Å²) in [5, 5.41) is 4.07. The average Bonchev–Trinajstić information content (AvgIpc) is 2.74. The lowest BCUT2D eigenvalue weighted by Crippen LogP contribution is -2.13. The molecular weight excluding hydrogens is 392 g/mol. The number of hydrogen-bond acceptors (Lipinski definition) is 6. The molecule has 4 aromatic rings. The molecular formula is C21H17ClN4O3. The normalized spacial score (nSPS) is 10.7. The Morgan fingerprint density at radius 1 is 1.00 bits per heavy atom. The number of H-pyrrole nitrogens is 1. The van der Waals surface area contributed by atoms with E-state index < -0.39 is 0 Å². The van der Waals surface area contributed by atoms with E-state index >= 15 is 0 Å². The number of methoxy groups -OCH3 is 2. The first-order valence-corrected chi connectivity index (χ1v) is 9.11. The highest BCUT2D eigenvalue weighted by Gasteiger charge is 2.14. The highest BCUT2D eigenvalue weighted by Crippen LogP contribution is 2.34. The summed E-state index contributed by atoms with van der Waals surface area (Å²) in [6.45, 7) is 0. The van der Waals surface area contributed by atoms with Crippen LogP contribution < -0.4 is 20.3 Å². The fraction of sp³-hybridized carbons (Fsp3) is 0.0952. The third-order valence-corrected chi connectivity index (χ3v) is 4.66. The number of halogens is 1. The number of benzene rings is 2. The molecule has 0 spiro atoms. The van der Waals surface area contributed by atoms with Gasteiger partial charge in [-0.15, -0.1) is 0 Å². The summed E-state index contributed by atoms with van der Waals surface area (Å²) in [6.07, 6.45) is 1.62. The zero-order valence-electron chi connectivity index (χ0n) is 15.7. The van der Waals surface area contributed by atoms with Crippen LogP contribution in [0.3, 0.4) is 0 Å². The van der Waals surface area contributed by atoms with E-state index in [0.29, 0.717) is 39.1 Å².